The van der Waals surface area contributed by atoms with Crippen molar-refractivity contribution in [3.8, 4) is 0 Å². The van der Waals surface area contributed by atoms with Crippen LogP contribution in [0, 0.1) is 0 Å². The van der Waals surface area contributed by atoms with Crippen LogP contribution in [-0.2, 0) is 12.8 Å². The standard InChI is InChI=1S/C13H18BrNO/c1-2-15-13(9-16)6-5-10-7-12(14)4-3-11(10)8-13/h3-4,7,15-16H,2,5-6,8-9H2,1H3. The molecule has 0 saturated heterocycles. The van der Waals surface area contributed by atoms with Crippen LogP contribution in [0.15, 0.2) is 22.7 Å². The molecule has 1 aliphatic carbocycles. The maximum Gasteiger partial charge on any atom is 0.0616 e. The Kier molecular flexibility index (Phi) is 3.67. The van der Waals surface area contributed by atoms with E-state index in [-0.39, 0.29) is 12.1 Å². The molecule has 88 valence electrons. The molecule has 2 nitrogen and oxygen atoms in total. The van der Waals surface area contributed by atoms with Crippen LogP contribution < -0.4 is 5.32 Å². The highest BCUT2D eigenvalue weighted by Crippen LogP contribution is 2.30. The average Bonchev–Trinajstić information content (AvgIpc) is 2.30. The maximum absolute atomic E-state index is 9.58. The van der Waals surface area contributed by atoms with Crippen molar-refractivity contribution >= 4 is 15.9 Å². The molecule has 0 spiro atoms. The number of aliphatic hydroxyl groups excluding tert-OH is 1. The lowest BCUT2D eigenvalue weighted by atomic mass is 9.78. The fourth-order valence-corrected chi connectivity index (χ4v) is 2.95. The molecule has 0 saturated carbocycles. The van der Waals surface area contributed by atoms with Gasteiger partial charge >= 0.3 is 0 Å². The van der Waals surface area contributed by atoms with Gasteiger partial charge in [-0.2, -0.15) is 0 Å². The highest BCUT2D eigenvalue weighted by molar-refractivity contribution is 9.10. The van der Waals surface area contributed by atoms with Gasteiger partial charge in [0.1, 0.15) is 0 Å². The van der Waals surface area contributed by atoms with Crippen molar-refractivity contribution in [2.75, 3.05) is 13.2 Å². The van der Waals surface area contributed by atoms with Crippen LogP contribution in [-0.4, -0.2) is 23.8 Å². The third-order valence-electron chi connectivity index (χ3n) is 3.42. The lowest BCUT2D eigenvalue weighted by Crippen LogP contribution is -2.52. The van der Waals surface area contributed by atoms with E-state index < -0.39 is 0 Å². The van der Waals surface area contributed by atoms with Crippen molar-refractivity contribution in [1.29, 1.82) is 0 Å². The second-order valence-corrected chi connectivity index (χ2v) is 5.47. The smallest absolute Gasteiger partial charge is 0.0616 e. The van der Waals surface area contributed by atoms with Gasteiger partial charge in [0, 0.05) is 10.0 Å². The summed E-state index contributed by atoms with van der Waals surface area (Å²) in [7, 11) is 0. The number of halogens is 1. The van der Waals surface area contributed by atoms with Crippen LogP contribution in [0.2, 0.25) is 0 Å². The zero-order valence-corrected chi connectivity index (χ0v) is 11.2. The maximum atomic E-state index is 9.58. The first-order valence-electron chi connectivity index (χ1n) is 5.82. The van der Waals surface area contributed by atoms with Crippen molar-refractivity contribution in [2.24, 2.45) is 0 Å². The first-order chi connectivity index (χ1) is 7.69. The molecule has 0 aromatic heterocycles. The first kappa shape index (κ1) is 12.1. The molecule has 2 rings (SSSR count). The van der Waals surface area contributed by atoms with Gasteiger partial charge in [-0.15, -0.1) is 0 Å². The SMILES string of the molecule is CCNC1(CO)CCc2cc(Br)ccc2C1. The molecule has 16 heavy (non-hydrogen) atoms. The van der Waals surface area contributed by atoms with Gasteiger partial charge < -0.3 is 10.4 Å². The van der Waals surface area contributed by atoms with E-state index in [4.69, 9.17) is 0 Å². The zero-order valence-electron chi connectivity index (χ0n) is 9.59. The van der Waals surface area contributed by atoms with E-state index in [1.54, 1.807) is 0 Å². The van der Waals surface area contributed by atoms with Crippen LogP contribution in [0.4, 0.5) is 0 Å². The van der Waals surface area contributed by atoms with Gasteiger partial charge in [-0.1, -0.05) is 28.9 Å². The highest BCUT2D eigenvalue weighted by Gasteiger charge is 2.32. The highest BCUT2D eigenvalue weighted by atomic mass is 79.9. The van der Waals surface area contributed by atoms with E-state index in [0.717, 1.165) is 30.3 Å². The van der Waals surface area contributed by atoms with Crippen LogP contribution in [0.3, 0.4) is 0 Å². The Labute approximate surface area is 105 Å². The van der Waals surface area contributed by atoms with Crippen LogP contribution in [0.25, 0.3) is 0 Å². The van der Waals surface area contributed by atoms with E-state index in [0.29, 0.717) is 0 Å². The lowest BCUT2D eigenvalue weighted by molar-refractivity contribution is 0.147. The monoisotopic (exact) mass is 283 g/mol. The molecule has 0 fully saturated rings. The largest absolute Gasteiger partial charge is 0.394 e. The summed E-state index contributed by atoms with van der Waals surface area (Å²) in [5.41, 5.74) is 2.68. The minimum atomic E-state index is -0.102. The molecule has 0 aliphatic heterocycles. The normalized spacial score (nSPS) is 24.2. The molecule has 1 aromatic rings. The summed E-state index contributed by atoms with van der Waals surface area (Å²) in [5.74, 6) is 0. The summed E-state index contributed by atoms with van der Waals surface area (Å²) in [6.45, 7) is 3.22. The fourth-order valence-electron chi connectivity index (χ4n) is 2.54. The number of hydrogen-bond donors (Lipinski definition) is 2. The van der Waals surface area contributed by atoms with Crippen molar-refractivity contribution in [1.82, 2.24) is 5.32 Å². The summed E-state index contributed by atoms with van der Waals surface area (Å²) in [6.07, 6.45) is 2.99. The molecular weight excluding hydrogens is 266 g/mol. The Morgan fingerprint density at radius 3 is 2.94 bits per heavy atom. The lowest BCUT2D eigenvalue weighted by Gasteiger charge is -2.37. The Morgan fingerprint density at radius 2 is 2.25 bits per heavy atom. The molecule has 2 N–H and O–H groups in total. The molecule has 0 amide bonds. The van der Waals surface area contributed by atoms with E-state index in [1.807, 2.05) is 0 Å². The van der Waals surface area contributed by atoms with E-state index >= 15 is 0 Å². The molecule has 3 heteroatoms. The van der Waals surface area contributed by atoms with Crippen LogP contribution in [0.1, 0.15) is 24.5 Å². The summed E-state index contributed by atoms with van der Waals surface area (Å²) in [5, 5.41) is 13.0. The van der Waals surface area contributed by atoms with Crippen LogP contribution in [0.5, 0.6) is 0 Å². The number of aliphatic hydroxyl groups is 1. The van der Waals surface area contributed by atoms with E-state index in [1.165, 1.54) is 11.1 Å². The molecule has 1 atom stereocenters. The molecule has 0 bridgehead atoms. The van der Waals surface area contributed by atoms with Crippen molar-refractivity contribution < 1.29 is 5.11 Å². The minimum Gasteiger partial charge on any atom is -0.394 e. The summed E-state index contributed by atoms with van der Waals surface area (Å²) < 4.78 is 1.14. The quantitative estimate of drug-likeness (QED) is 0.892. The summed E-state index contributed by atoms with van der Waals surface area (Å²) in [4.78, 5) is 0. The molecule has 1 aromatic carbocycles. The third-order valence-corrected chi connectivity index (χ3v) is 3.92. The second kappa shape index (κ2) is 4.86. The summed E-state index contributed by atoms with van der Waals surface area (Å²) >= 11 is 3.50. The Balaban J connectivity index is 2.25. The minimum absolute atomic E-state index is 0.102. The molecule has 0 radical (unpaired) electrons. The van der Waals surface area contributed by atoms with E-state index in [9.17, 15) is 5.11 Å². The predicted octanol–water partition coefficient (Wildman–Crippen LogP) is 2.28. The third kappa shape index (κ3) is 2.31. The average molecular weight is 284 g/mol. The van der Waals surface area contributed by atoms with Crippen molar-refractivity contribution in [2.45, 2.75) is 31.7 Å². The molecule has 0 heterocycles. The number of benzene rings is 1. The summed E-state index contributed by atoms with van der Waals surface area (Å²) in [6, 6.07) is 6.45. The van der Waals surface area contributed by atoms with E-state index in [2.05, 4.69) is 46.4 Å². The number of nitrogens with one attached hydrogen (secondary N) is 1. The van der Waals surface area contributed by atoms with Gasteiger partial charge in [-0.25, -0.2) is 0 Å². The van der Waals surface area contributed by atoms with Gasteiger partial charge in [0.25, 0.3) is 0 Å². The van der Waals surface area contributed by atoms with Gasteiger partial charge in [0.15, 0.2) is 0 Å². The number of hydrogen-bond acceptors (Lipinski definition) is 2. The first-order valence-corrected chi connectivity index (χ1v) is 6.61. The van der Waals surface area contributed by atoms with Crippen molar-refractivity contribution in [3.63, 3.8) is 0 Å². The Morgan fingerprint density at radius 1 is 1.44 bits per heavy atom. The number of likely N-dealkylation sites (N-methyl/N-ethyl adjacent to an activating group) is 1. The predicted molar refractivity (Wildman–Crippen MR) is 69.7 cm³/mol. The fraction of sp³-hybridized carbons (Fsp3) is 0.538. The number of rotatable bonds is 3. The molecule has 1 unspecified atom stereocenters. The Hall–Kier alpha value is -0.380. The van der Waals surface area contributed by atoms with Gasteiger partial charge in [0.05, 0.1) is 6.61 Å². The van der Waals surface area contributed by atoms with Crippen LogP contribution >= 0.6 is 15.9 Å². The van der Waals surface area contributed by atoms with Crippen molar-refractivity contribution in [3.05, 3.63) is 33.8 Å². The zero-order chi connectivity index (χ0) is 11.6. The second-order valence-electron chi connectivity index (χ2n) is 4.56. The van der Waals surface area contributed by atoms with Gasteiger partial charge in [-0.05, 0) is 49.1 Å². The molecular formula is C13H18BrNO. The molecule has 1 aliphatic rings. The number of fused-ring (bicyclic) bond motifs is 1. The van der Waals surface area contributed by atoms with Gasteiger partial charge in [0.2, 0.25) is 0 Å². The number of aryl methyl sites for hydroxylation is 1. The topological polar surface area (TPSA) is 32.3 Å². The van der Waals surface area contributed by atoms with Gasteiger partial charge in [-0.3, -0.25) is 0 Å². The Bertz CT molecular complexity index is 380.